The Morgan fingerprint density at radius 3 is 2.46 bits per heavy atom. The number of aryl methyl sites for hydroxylation is 1. The lowest BCUT2D eigenvalue weighted by atomic mass is 9.96. The summed E-state index contributed by atoms with van der Waals surface area (Å²) in [6, 6.07) is 15.9. The smallest absolute Gasteiger partial charge is 0.248 e. The average molecular weight is 498 g/mol. The first kappa shape index (κ1) is 24.8. The average Bonchev–Trinajstić information content (AvgIpc) is 3.24. The monoisotopic (exact) mass is 497 g/mol. The minimum Gasteiger partial charge on any atom is -0.355 e. The van der Waals surface area contributed by atoms with E-state index in [0.29, 0.717) is 24.9 Å². The standard InChI is InChI=1S/C26H28FN3O4S/c1-19-25(24(34-28-19)13-12-21-10-6-7-11-23(21)27)35(32,33)30-16-14-22(15-17-30)26(31)29(2)18-20-8-4-3-5-9-20/h3-13,22H,14-18H2,1-2H3. The molecule has 1 aliphatic rings. The summed E-state index contributed by atoms with van der Waals surface area (Å²) in [5.74, 6) is -0.598. The Morgan fingerprint density at radius 2 is 1.77 bits per heavy atom. The molecule has 0 saturated carbocycles. The van der Waals surface area contributed by atoms with E-state index < -0.39 is 15.8 Å². The number of hydrogen-bond donors (Lipinski definition) is 0. The van der Waals surface area contributed by atoms with Gasteiger partial charge in [-0.1, -0.05) is 53.7 Å². The molecule has 7 nitrogen and oxygen atoms in total. The van der Waals surface area contributed by atoms with Crippen molar-refractivity contribution in [2.45, 2.75) is 31.2 Å². The molecule has 2 aromatic carbocycles. The Kier molecular flexibility index (Phi) is 7.47. The molecule has 1 aliphatic heterocycles. The predicted octanol–water partition coefficient (Wildman–Crippen LogP) is 4.35. The molecule has 1 amide bonds. The second-order valence-electron chi connectivity index (χ2n) is 8.67. The van der Waals surface area contributed by atoms with Gasteiger partial charge in [-0.3, -0.25) is 4.79 Å². The van der Waals surface area contributed by atoms with Gasteiger partial charge in [-0.05, 0) is 43.5 Å². The number of aromatic nitrogens is 1. The van der Waals surface area contributed by atoms with Crippen LogP contribution in [0.2, 0.25) is 0 Å². The summed E-state index contributed by atoms with van der Waals surface area (Å²) >= 11 is 0. The Balaban J connectivity index is 1.44. The minimum atomic E-state index is -3.91. The third kappa shape index (κ3) is 5.52. The van der Waals surface area contributed by atoms with E-state index in [1.165, 1.54) is 22.5 Å². The van der Waals surface area contributed by atoms with Gasteiger partial charge in [-0.25, -0.2) is 12.8 Å². The first-order valence-corrected chi connectivity index (χ1v) is 12.9. The third-order valence-electron chi connectivity index (χ3n) is 6.19. The normalized spacial score (nSPS) is 15.5. The van der Waals surface area contributed by atoms with Crippen molar-refractivity contribution >= 4 is 28.1 Å². The first-order chi connectivity index (χ1) is 16.8. The van der Waals surface area contributed by atoms with Gasteiger partial charge in [0.1, 0.15) is 11.5 Å². The molecule has 35 heavy (non-hydrogen) atoms. The maximum absolute atomic E-state index is 13.9. The summed E-state index contributed by atoms with van der Waals surface area (Å²) in [5.41, 5.74) is 1.59. The Morgan fingerprint density at radius 1 is 1.11 bits per heavy atom. The number of amides is 1. The molecule has 0 unspecified atom stereocenters. The fraction of sp³-hybridized carbons (Fsp3) is 0.308. The number of rotatable bonds is 7. The van der Waals surface area contributed by atoms with Crippen molar-refractivity contribution < 1.29 is 22.1 Å². The highest BCUT2D eigenvalue weighted by atomic mass is 32.2. The first-order valence-electron chi connectivity index (χ1n) is 11.5. The van der Waals surface area contributed by atoms with Gasteiger partial charge in [0.15, 0.2) is 10.7 Å². The van der Waals surface area contributed by atoms with Crippen LogP contribution in [0.5, 0.6) is 0 Å². The Bertz CT molecular complexity index is 1310. The largest absolute Gasteiger partial charge is 0.355 e. The van der Waals surface area contributed by atoms with Crippen molar-refractivity contribution in [2.24, 2.45) is 5.92 Å². The number of nitrogens with zero attached hydrogens (tertiary/aromatic N) is 3. The van der Waals surface area contributed by atoms with E-state index in [1.54, 1.807) is 37.1 Å². The van der Waals surface area contributed by atoms with Crippen LogP contribution >= 0.6 is 0 Å². The molecular weight excluding hydrogens is 469 g/mol. The number of hydrogen-bond acceptors (Lipinski definition) is 5. The van der Waals surface area contributed by atoms with Gasteiger partial charge in [0.2, 0.25) is 15.9 Å². The van der Waals surface area contributed by atoms with Crippen LogP contribution in [0.15, 0.2) is 64.0 Å². The van der Waals surface area contributed by atoms with Gasteiger partial charge in [-0.15, -0.1) is 0 Å². The maximum Gasteiger partial charge on any atom is 0.248 e. The van der Waals surface area contributed by atoms with Gasteiger partial charge < -0.3 is 9.42 Å². The Labute approximate surface area is 204 Å². The highest BCUT2D eigenvalue weighted by Crippen LogP contribution is 2.30. The summed E-state index contributed by atoms with van der Waals surface area (Å²) in [6.45, 7) is 2.51. The zero-order valence-electron chi connectivity index (χ0n) is 19.7. The predicted molar refractivity (Wildman–Crippen MR) is 131 cm³/mol. The molecule has 1 aromatic heterocycles. The van der Waals surface area contributed by atoms with E-state index in [-0.39, 0.29) is 41.3 Å². The van der Waals surface area contributed by atoms with Crippen LogP contribution in [0, 0.1) is 18.7 Å². The highest BCUT2D eigenvalue weighted by Gasteiger charge is 2.36. The molecule has 9 heteroatoms. The summed E-state index contributed by atoms with van der Waals surface area (Å²) in [6.07, 6.45) is 3.74. The molecule has 0 bridgehead atoms. The molecule has 4 rings (SSSR count). The second kappa shape index (κ2) is 10.5. The molecule has 0 spiro atoms. The van der Waals surface area contributed by atoms with Gasteiger partial charge in [-0.2, -0.15) is 4.31 Å². The molecule has 0 atom stereocenters. The third-order valence-corrected chi connectivity index (χ3v) is 8.25. The molecule has 1 fully saturated rings. The molecule has 2 heterocycles. The van der Waals surface area contributed by atoms with Crippen LogP contribution in [0.1, 0.15) is 35.4 Å². The molecule has 0 aliphatic carbocycles. The number of halogens is 1. The van der Waals surface area contributed by atoms with Crippen molar-refractivity contribution in [3.63, 3.8) is 0 Å². The summed E-state index contributed by atoms with van der Waals surface area (Å²) in [7, 11) is -2.13. The van der Waals surface area contributed by atoms with E-state index in [0.717, 1.165) is 5.56 Å². The number of carbonyl (C=O) groups is 1. The van der Waals surface area contributed by atoms with E-state index in [1.807, 2.05) is 30.3 Å². The van der Waals surface area contributed by atoms with E-state index >= 15 is 0 Å². The van der Waals surface area contributed by atoms with Gasteiger partial charge in [0.25, 0.3) is 0 Å². The zero-order valence-corrected chi connectivity index (χ0v) is 20.5. The zero-order chi connectivity index (χ0) is 25.0. The number of sulfonamides is 1. The second-order valence-corrected chi connectivity index (χ2v) is 10.5. The van der Waals surface area contributed by atoms with Crippen molar-refractivity contribution in [3.05, 3.63) is 83.0 Å². The lowest BCUT2D eigenvalue weighted by molar-refractivity contribution is -0.135. The van der Waals surface area contributed by atoms with Crippen molar-refractivity contribution in [1.82, 2.24) is 14.4 Å². The van der Waals surface area contributed by atoms with Crippen LogP contribution in [0.4, 0.5) is 4.39 Å². The minimum absolute atomic E-state index is 0.0144. The van der Waals surface area contributed by atoms with Gasteiger partial charge >= 0.3 is 0 Å². The van der Waals surface area contributed by atoms with Gasteiger partial charge in [0.05, 0.1) is 0 Å². The van der Waals surface area contributed by atoms with Crippen LogP contribution in [-0.2, 0) is 21.4 Å². The van der Waals surface area contributed by atoms with Crippen LogP contribution in [0.3, 0.4) is 0 Å². The van der Waals surface area contributed by atoms with Crippen LogP contribution in [0.25, 0.3) is 12.2 Å². The lowest BCUT2D eigenvalue weighted by Crippen LogP contribution is -2.43. The maximum atomic E-state index is 13.9. The quantitative estimate of drug-likeness (QED) is 0.485. The highest BCUT2D eigenvalue weighted by molar-refractivity contribution is 7.89. The fourth-order valence-corrected chi connectivity index (χ4v) is 6.01. The molecule has 3 aromatic rings. The fourth-order valence-electron chi connectivity index (χ4n) is 4.29. The molecular formula is C26H28FN3O4S. The van der Waals surface area contributed by atoms with E-state index in [9.17, 15) is 17.6 Å². The van der Waals surface area contributed by atoms with Crippen molar-refractivity contribution in [3.8, 4) is 0 Å². The summed E-state index contributed by atoms with van der Waals surface area (Å²) in [4.78, 5) is 14.6. The topological polar surface area (TPSA) is 83.7 Å². The van der Waals surface area contributed by atoms with Crippen molar-refractivity contribution in [1.29, 1.82) is 0 Å². The molecule has 0 radical (unpaired) electrons. The van der Waals surface area contributed by atoms with Crippen LogP contribution in [-0.4, -0.2) is 48.8 Å². The molecule has 0 N–H and O–H groups in total. The lowest BCUT2D eigenvalue weighted by Gasteiger charge is -2.32. The number of carbonyl (C=O) groups excluding carboxylic acids is 1. The molecule has 184 valence electrons. The van der Waals surface area contributed by atoms with E-state index in [4.69, 9.17) is 4.52 Å². The van der Waals surface area contributed by atoms with E-state index in [2.05, 4.69) is 5.16 Å². The summed E-state index contributed by atoms with van der Waals surface area (Å²) in [5, 5.41) is 3.83. The summed E-state index contributed by atoms with van der Waals surface area (Å²) < 4.78 is 47.5. The Hall–Kier alpha value is -3.30. The van der Waals surface area contributed by atoms with Crippen molar-refractivity contribution in [2.75, 3.05) is 20.1 Å². The number of benzene rings is 2. The SMILES string of the molecule is Cc1noc(C=Cc2ccccc2F)c1S(=O)(=O)N1CCC(C(=O)N(C)Cc2ccccc2)CC1. The van der Waals surface area contributed by atoms with Crippen LogP contribution < -0.4 is 0 Å². The van der Waals surface area contributed by atoms with Gasteiger partial charge in [0, 0.05) is 38.2 Å². The number of piperidine rings is 1. The molecule has 1 saturated heterocycles.